The third-order valence-electron chi connectivity index (χ3n) is 5.10. The molecule has 0 aliphatic heterocycles. The lowest BCUT2D eigenvalue weighted by atomic mass is 10.1. The van der Waals surface area contributed by atoms with Crippen molar-refractivity contribution in [3.63, 3.8) is 0 Å². The van der Waals surface area contributed by atoms with Crippen LogP contribution in [0.4, 0.5) is 5.69 Å². The van der Waals surface area contributed by atoms with Gasteiger partial charge in [0.05, 0.1) is 0 Å². The topological polar surface area (TPSA) is 140 Å². The van der Waals surface area contributed by atoms with Gasteiger partial charge in [0.1, 0.15) is 29.6 Å². The van der Waals surface area contributed by atoms with Gasteiger partial charge in [-0.15, -0.1) is 10.2 Å². The van der Waals surface area contributed by atoms with E-state index >= 15 is 0 Å². The van der Waals surface area contributed by atoms with Gasteiger partial charge in [0.15, 0.2) is 11.8 Å². The highest BCUT2D eigenvalue weighted by Gasteiger charge is 2.37. The molecule has 3 heterocycles. The number of furan rings is 2. The fraction of sp³-hybridized carbons (Fsp3) is 0.320. The molecule has 3 aromatic heterocycles. The van der Waals surface area contributed by atoms with E-state index in [0.717, 1.165) is 4.80 Å². The van der Waals surface area contributed by atoms with E-state index in [1.807, 2.05) is 20.8 Å². The number of carbonyl (C=O) groups excluding carboxylic acids is 2. The molecule has 36 heavy (non-hydrogen) atoms. The Morgan fingerprint density at radius 3 is 2.42 bits per heavy atom. The van der Waals surface area contributed by atoms with Crippen molar-refractivity contribution in [2.45, 2.75) is 52.7 Å². The number of anilines is 1. The highest BCUT2D eigenvalue weighted by atomic mass is 16.3. The highest BCUT2D eigenvalue weighted by molar-refractivity contribution is 6.01. The number of hydrogen-bond donors (Lipinski definition) is 2. The summed E-state index contributed by atoms with van der Waals surface area (Å²) in [6, 6.07) is 11.8. The Morgan fingerprint density at radius 1 is 1.08 bits per heavy atom. The molecule has 2 N–H and O–H groups in total. The van der Waals surface area contributed by atoms with Gasteiger partial charge in [0.2, 0.25) is 5.82 Å². The summed E-state index contributed by atoms with van der Waals surface area (Å²) in [4.78, 5) is 29.6. The van der Waals surface area contributed by atoms with Gasteiger partial charge in [0.25, 0.3) is 11.8 Å². The average molecular weight is 493 g/mol. The lowest BCUT2D eigenvalue weighted by molar-refractivity contribution is -0.128. The summed E-state index contributed by atoms with van der Waals surface area (Å²) in [6.07, 6.45) is 0. The Balaban J connectivity index is 1.73. The third kappa shape index (κ3) is 5.62. The molecule has 1 atom stereocenters. The number of tetrazole rings is 1. The first-order valence-electron chi connectivity index (χ1n) is 11.3. The zero-order valence-electron chi connectivity index (χ0n) is 20.7. The molecule has 1 aromatic carbocycles. The summed E-state index contributed by atoms with van der Waals surface area (Å²) < 4.78 is 11.3. The van der Waals surface area contributed by atoms with Crippen molar-refractivity contribution in [1.29, 1.82) is 0 Å². The number of phenols is 1. The van der Waals surface area contributed by atoms with E-state index in [-0.39, 0.29) is 23.9 Å². The molecule has 2 amide bonds. The third-order valence-corrected chi connectivity index (χ3v) is 5.10. The Kier molecular flexibility index (Phi) is 6.65. The lowest BCUT2D eigenvalue weighted by Gasteiger charge is -2.32. The van der Waals surface area contributed by atoms with Gasteiger partial charge >= 0.3 is 0 Å². The number of aromatic nitrogens is 4. The predicted molar refractivity (Wildman–Crippen MR) is 130 cm³/mol. The molecule has 0 unspecified atom stereocenters. The second-order valence-corrected chi connectivity index (χ2v) is 9.43. The van der Waals surface area contributed by atoms with Crippen LogP contribution in [0.3, 0.4) is 0 Å². The van der Waals surface area contributed by atoms with Crippen LogP contribution in [0.2, 0.25) is 0 Å². The van der Waals surface area contributed by atoms with Crippen LogP contribution in [0.15, 0.2) is 57.4 Å². The quantitative estimate of drug-likeness (QED) is 0.399. The van der Waals surface area contributed by atoms with Crippen LogP contribution in [0.5, 0.6) is 5.75 Å². The first-order chi connectivity index (χ1) is 17.0. The van der Waals surface area contributed by atoms with Crippen LogP contribution < -0.4 is 10.2 Å². The molecule has 0 aliphatic carbocycles. The molecule has 11 heteroatoms. The second-order valence-electron chi connectivity index (χ2n) is 9.43. The van der Waals surface area contributed by atoms with Crippen LogP contribution in [0.1, 0.15) is 44.1 Å². The number of nitrogens with zero attached hydrogens (tertiary/aromatic N) is 5. The molecular formula is C25H28N6O5. The Labute approximate surface area is 207 Å². The highest BCUT2D eigenvalue weighted by Crippen LogP contribution is 2.32. The van der Waals surface area contributed by atoms with Gasteiger partial charge in [-0.25, -0.2) is 0 Å². The summed E-state index contributed by atoms with van der Waals surface area (Å²) in [5.41, 5.74) is -0.279. The van der Waals surface area contributed by atoms with Crippen molar-refractivity contribution in [2.24, 2.45) is 0 Å². The molecule has 0 aliphatic rings. The van der Waals surface area contributed by atoms with Crippen LogP contribution in [0.25, 0.3) is 11.6 Å². The molecule has 4 aromatic rings. The standard InChI is InChI=1S/C25H28N6O5/c1-15-9-11-19(35-15)22(24(34)26-25(3,4)5)31(17-7-6-8-18(32)13-17)21(33)14-30-28-23(27-29-30)20-12-10-16(2)36-20/h6-13,22,32H,14H2,1-5H3,(H,26,34)/t22-/m1/s1. The van der Waals surface area contributed by atoms with E-state index in [0.29, 0.717) is 23.0 Å². The van der Waals surface area contributed by atoms with E-state index in [1.54, 1.807) is 50.2 Å². The minimum absolute atomic E-state index is 0.0646. The van der Waals surface area contributed by atoms with Gasteiger partial charge in [-0.3, -0.25) is 14.5 Å². The number of nitrogens with one attached hydrogen (secondary N) is 1. The normalized spacial score (nSPS) is 12.4. The molecular weight excluding hydrogens is 464 g/mol. The minimum atomic E-state index is -1.16. The molecule has 0 saturated carbocycles. The SMILES string of the molecule is Cc1ccc(-c2nnn(CC(=O)N(c3cccc(O)c3)[C@@H](C(=O)NC(C)(C)C)c3ccc(C)o3)n2)o1. The predicted octanol–water partition coefficient (Wildman–Crippen LogP) is 3.54. The van der Waals surface area contributed by atoms with Crippen molar-refractivity contribution >= 4 is 17.5 Å². The number of rotatable bonds is 7. The van der Waals surface area contributed by atoms with Crippen molar-refractivity contribution in [1.82, 2.24) is 25.5 Å². The van der Waals surface area contributed by atoms with Gasteiger partial charge in [-0.05, 0) is 76.2 Å². The van der Waals surface area contributed by atoms with Gasteiger partial charge in [-0.2, -0.15) is 4.80 Å². The maximum absolute atomic E-state index is 13.7. The van der Waals surface area contributed by atoms with Crippen molar-refractivity contribution < 1.29 is 23.5 Å². The number of hydrogen-bond acceptors (Lipinski definition) is 8. The van der Waals surface area contributed by atoms with E-state index in [1.165, 1.54) is 17.0 Å². The summed E-state index contributed by atoms with van der Waals surface area (Å²) >= 11 is 0. The molecule has 0 saturated heterocycles. The van der Waals surface area contributed by atoms with Gasteiger partial charge in [0, 0.05) is 17.3 Å². The number of carbonyl (C=O) groups is 2. The zero-order chi connectivity index (χ0) is 26.0. The monoisotopic (exact) mass is 492 g/mol. The minimum Gasteiger partial charge on any atom is -0.508 e. The summed E-state index contributed by atoms with van der Waals surface area (Å²) in [7, 11) is 0. The van der Waals surface area contributed by atoms with E-state index in [4.69, 9.17) is 8.83 Å². The van der Waals surface area contributed by atoms with Crippen LogP contribution in [-0.2, 0) is 16.1 Å². The van der Waals surface area contributed by atoms with E-state index in [9.17, 15) is 14.7 Å². The smallest absolute Gasteiger partial charge is 0.251 e. The molecule has 0 spiro atoms. The lowest BCUT2D eigenvalue weighted by Crippen LogP contribution is -2.50. The maximum atomic E-state index is 13.7. The number of aryl methyl sites for hydroxylation is 2. The van der Waals surface area contributed by atoms with Crippen LogP contribution >= 0.6 is 0 Å². The number of amides is 2. The molecule has 4 rings (SSSR count). The van der Waals surface area contributed by atoms with E-state index in [2.05, 4.69) is 20.7 Å². The van der Waals surface area contributed by atoms with Gasteiger partial charge < -0.3 is 19.3 Å². The summed E-state index contributed by atoms with van der Waals surface area (Å²) in [5.74, 6) is 1.14. The average Bonchev–Trinajstić information content (AvgIpc) is 3.52. The Morgan fingerprint density at radius 2 is 1.81 bits per heavy atom. The molecule has 0 radical (unpaired) electrons. The first-order valence-corrected chi connectivity index (χ1v) is 11.3. The van der Waals surface area contributed by atoms with Crippen molar-refractivity contribution in [3.8, 4) is 17.3 Å². The summed E-state index contributed by atoms with van der Waals surface area (Å²) in [5, 5.41) is 25.2. The first kappa shape index (κ1) is 24.7. The number of benzene rings is 1. The maximum Gasteiger partial charge on any atom is 0.251 e. The molecule has 0 fully saturated rings. The summed E-state index contributed by atoms with van der Waals surface area (Å²) in [6.45, 7) is 8.73. The largest absolute Gasteiger partial charge is 0.508 e. The van der Waals surface area contributed by atoms with Crippen molar-refractivity contribution in [2.75, 3.05) is 4.90 Å². The fourth-order valence-electron chi connectivity index (χ4n) is 3.65. The molecule has 0 bridgehead atoms. The zero-order valence-corrected chi connectivity index (χ0v) is 20.7. The molecule has 188 valence electrons. The van der Waals surface area contributed by atoms with Gasteiger partial charge in [-0.1, -0.05) is 6.07 Å². The fourth-order valence-corrected chi connectivity index (χ4v) is 3.65. The van der Waals surface area contributed by atoms with E-state index < -0.39 is 23.4 Å². The Hall–Kier alpha value is -4.41. The van der Waals surface area contributed by atoms with Crippen molar-refractivity contribution in [3.05, 3.63) is 65.8 Å². The number of aromatic hydroxyl groups is 1. The second kappa shape index (κ2) is 9.68. The molecule has 11 nitrogen and oxygen atoms in total. The van der Waals surface area contributed by atoms with Crippen LogP contribution in [0, 0.1) is 13.8 Å². The van der Waals surface area contributed by atoms with Crippen LogP contribution in [-0.4, -0.2) is 42.7 Å². The Bertz CT molecular complexity index is 1380. The number of phenolic OH excluding ortho intramolecular Hbond substituents is 1.